The number of nitrogens with one attached hydrogen (secondary N) is 1. The highest BCUT2D eigenvalue weighted by Gasteiger charge is 2.14. The largest absolute Gasteiger partial charge is 0.389 e. The zero-order valence-corrected chi connectivity index (χ0v) is 13.1. The molecule has 0 saturated carbocycles. The topological polar surface area (TPSA) is 66.4 Å². The molecule has 2 rings (SSSR count). The summed E-state index contributed by atoms with van der Waals surface area (Å²) in [4.78, 5) is 0.175. The fourth-order valence-corrected chi connectivity index (χ4v) is 3.36. The molecular weight excluding hydrogens is 342 g/mol. The molecule has 2 aromatic rings. The number of benzene rings is 2. The maximum atomic E-state index is 12.2. The second-order valence-electron chi connectivity index (χ2n) is 4.36. The molecule has 106 valence electrons. The van der Waals surface area contributed by atoms with Crippen molar-refractivity contribution in [1.29, 1.82) is 0 Å². The van der Waals surface area contributed by atoms with E-state index in [1.54, 1.807) is 43.3 Å². The zero-order chi connectivity index (χ0) is 14.8. The number of aliphatic hydroxyl groups excluding tert-OH is 1. The highest BCUT2D eigenvalue weighted by atomic mass is 79.9. The van der Waals surface area contributed by atoms with E-state index < -0.39 is 16.1 Å². The molecule has 0 saturated heterocycles. The van der Waals surface area contributed by atoms with Gasteiger partial charge in [0.1, 0.15) is 0 Å². The molecule has 0 amide bonds. The Kier molecular flexibility index (Phi) is 4.47. The van der Waals surface area contributed by atoms with Gasteiger partial charge in [-0.05, 0) is 42.8 Å². The van der Waals surface area contributed by atoms with E-state index in [0.717, 1.165) is 0 Å². The SMILES string of the molecule is C[C@H](O)c1cccc(NS(=O)(=O)c2cccc(Br)c2)c1. The molecule has 0 aromatic heterocycles. The van der Waals surface area contributed by atoms with Crippen molar-refractivity contribution in [2.45, 2.75) is 17.9 Å². The molecule has 0 aliphatic carbocycles. The maximum Gasteiger partial charge on any atom is 0.261 e. The fourth-order valence-electron chi connectivity index (χ4n) is 1.71. The van der Waals surface area contributed by atoms with Gasteiger partial charge in [0.2, 0.25) is 0 Å². The van der Waals surface area contributed by atoms with Gasteiger partial charge in [0.25, 0.3) is 10.0 Å². The molecule has 2 aromatic carbocycles. The summed E-state index contributed by atoms with van der Waals surface area (Å²) >= 11 is 3.25. The van der Waals surface area contributed by atoms with Crippen LogP contribution in [0.15, 0.2) is 57.9 Å². The van der Waals surface area contributed by atoms with Crippen LogP contribution in [0.25, 0.3) is 0 Å². The molecule has 0 fully saturated rings. The Morgan fingerprint density at radius 3 is 2.50 bits per heavy atom. The van der Waals surface area contributed by atoms with Crippen LogP contribution in [0.2, 0.25) is 0 Å². The third kappa shape index (κ3) is 3.59. The van der Waals surface area contributed by atoms with E-state index in [9.17, 15) is 13.5 Å². The van der Waals surface area contributed by atoms with Crippen molar-refractivity contribution in [3.8, 4) is 0 Å². The van der Waals surface area contributed by atoms with Crippen molar-refractivity contribution in [1.82, 2.24) is 0 Å². The lowest BCUT2D eigenvalue weighted by atomic mass is 10.1. The van der Waals surface area contributed by atoms with Crippen LogP contribution in [-0.4, -0.2) is 13.5 Å². The van der Waals surface area contributed by atoms with Crippen LogP contribution < -0.4 is 4.72 Å². The number of anilines is 1. The second-order valence-corrected chi connectivity index (χ2v) is 6.96. The van der Waals surface area contributed by atoms with E-state index in [1.807, 2.05) is 0 Å². The minimum absolute atomic E-state index is 0.175. The van der Waals surface area contributed by atoms with E-state index in [1.165, 1.54) is 12.1 Å². The average molecular weight is 356 g/mol. The summed E-state index contributed by atoms with van der Waals surface area (Å²) in [7, 11) is -3.64. The molecule has 0 aliphatic rings. The van der Waals surface area contributed by atoms with Gasteiger partial charge in [0.15, 0.2) is 0 Å². The molecule has 0 aliphatic heterocycles. The maximum absolute atomic E-state index is 12.2. The molecule has 0 radical (unpaired) electrons. The normalized spacial score (nSPS) is 12.9. The standard InChI is InChI=1S/C14H14BrNO3S/c1-10(17)11-4-2-6-13(8-11)16-20(18,19)14-7-3-5-12(15)9-14/h2-10,16-17H,1H3/t10-/m0/s1. The Balaban J connectivity index is 2.31. The van der Waals surface area contributed by atoms with Crippen LogP contribution in [0.5, 0.6) is 0 Å². The summed E-state index contributed by atoms with van der Waals surface area (Å²) in [6, 6.07) is 13.1. The summed E-state index contributed by atoms with van der Waals surface area (Å²) in [5, 5.41) is 9.52. The van der Waals surface area contributed by atoms with Gasteiger partial charge in [0.05, 0.1) is 11.0 Å². The Labute approximate surface area is 126 Å². The summed E-state index contributed by atoms with van der Waals surface area (Å²) < 4.78 is 27.7. The number of aliphatic hydroxyl groups is 1. The van der Waals surface area contributed by atoms with Crippen molar-refractivity contribution < 1.29 is 13.5 Å². The lowest BCUT2D eigenvalue weighted by Crippen LogP contribution is -2.13. The number of halogens is 1. The molecule has 20 heavy (non-hydrogen) atoms. The van der Waals surface area contributed by atoms with Crippen LogP contribution in [0.1, 0.15) is 18.6 Å². The van der Waals surface area contributed by atoms with E-state index in [4.69, 9.17) is 0 Å². The van der Waals surface area contributed by atoms with Gasteiger partial charge < -0.3 is 5.11 Å². The molecule has 6 heteroatoms. The number of hydrogen-bond donors (Lipinski definition) is 2. The van der Waals surface area contributed by atoms with Crippen LogP contribution in [0.3, 0.4) is 0 Å². The van der Waals surface area contributed by atoms with Crippen molar-refractivity contribution in [2.75, 3.05) is 4.72 Å². The van der Waals surface area contributed by atoms with Crippen LogP contribution in [-0.2, 0) is 10.0 Å². The smallest absolute Gasteiger partial charge is 0.261 e. The number of rotatable bonds is 4. The van der Waals surface area contributed by atoms with Crippen molar-refractivity contribution >= 4 is 31.6 Å². The monoisotopic (exact) mass is 355 g/mol. The number of hydrogen-bond acceptors (Lipinski definition) is 3. The third-order valence-electron chi connectivity index (χ3n) is 2.73. The summed E-state index contributed by atoms with van der Waals surface area (Å²) in [6.07, 6.45) is -0.648. The second kappa shape index (κ2) is 5.95. The van der Waals surface area contributed by atoms with Gasteiger partial charge in [-0.2, -0.15) is 0 Å². The number of sulfonamides is 1. The quantitative estimate of drug-likeness (QED) is 0.883. The Morgan fingerprint density at radius 2 is 1.85 bits per heavy atom. The highest BCUT2D eigenvalue weighted by Crippen LogP contribution is 2.22. The van der Waals surface area contributed by atoms with Gasteiger partial charge in [-0.1, -0.05) is 34.1 Å². The molecule has 1 atom stereocenters. The molecule has 0 heterocycles. The summed E-state index contributed by atoms with van der Waals surface area (Å²) in [6.45, 7) is 1.63. The minimum Gasteiger partial charge on any atom is -0.389 e. The summed E-state index contributed by atoms with van der Waals surface area (Å²) in [5.41, 5.74) is 1.07. The van der Waals surface area contributed by atoms with Crippen LogP contribution >= 0.6 is 15.9 Å². The summed E-state index contributed by atoms with van der Waals surface area (Å²) in [5.74, 6) is 0. The van der Waals surface area contributed by atoms with Crippen molar-refractivity contribution in [3.05, 3.63) is 58.6 Å². The minimum atomic E-state index is -3.64. The van der Waals surface area contributed by atoms with Gasteiger partial charge in [-0.3, -0.25) is 4.72 Å². The highest BCUT2D eigenvalue weighted by molar-refractivity contribution is 9.10. The van der Waals surface area contributed by atoms with Gasteiger partial charge in [-0.25, -0.2) is 8.42 Å². The third-order valence-corrected chi connectivity index (χ3v) is 4.60. The Bertz CT molecular complexity index is 714. The van der Waals surface area contributed by atoms with Crippen LogP contribution in [0.4, 0.5) is 5.69 Å². The first-order valence-corrected chi connectivity index (χ1v) is 8.22. The fraction of sp³-hybridized carbons (Fsp3) is 0.143. The van der Waals surface area contributed by atoms with Crippen LogP contribution in [0, 0.1) is 0 Å². The predicted octanol–water partition coefficient (Wildman–Crippen LogP) is 3.30. The Morgan fingerprint density at radius 1 is 1.15 bits per heavy atom. The molecular formula is C14H14BrNO3S. The van der Waals surface area contributed by atoms with Crippen molar-refractivity contribution in [2.24, 2.45) is 0 Å². The average Bonchev–Trinajstić information content (AvgIpc) is 2.38. The van der Waals surface area contributed by atoms with E-state index in [2.05, 4.69) is 20.7 Å². The molecule has 4 nitrogen and oxygen atoms in total. The van der Waals surface area contributed by atoms with Gasteiger partial charge in [-0.15, -0.1) is 0 Å². The molecule has 2 N–H and O–H groups in total. The molecule has 0 bridgehead atoms. The molecule has 0 unspecified atom stereocenters. The lowest BCUT2D eigenvalue weighted by Gasteiger charge is -2.11. The van der Waals surface area contributed by atoms with Gasteiger partial charge >= 0.3 is 0 Å². The van der Waals surface area contributed by atoms with E-state index in [-0.39, 0.29) is 4.90 Å². The first kappa shape index (κ1) is 15.0. The lowest BCUT2D eigenvalue weighted by molar-refractivity contribution is 0.199. The zero-order valence-electron chi connectivity index (χ0n) is 10.7. The van der Waals surface area contributed by atoms with E-state index in [0.29, 0.717) is 15.7 Å². The van der Waals surface area contributed by atoms with Crippen molar-refractivity contribution in [3.63, 3.8) is 0 Å². The first-order chi connectivity index (χ1) is 9.38. The first-order valence-electron chi connectivity index (χ1n) is 5.95. The Hall–Kier alpha value is -1.37. The van der Waals surface area contributed by atoms with Gasteiger partial charge in [0, 0.05) is 10.2 Å². The van der Waals surface area contributed by atoms with E-state index >= 15 is 0 Å². The molecule has 0 spiro atoms. The predicted molar refractivity (Wildman–Crippen MR) is 82.0 cm³/mol.